The zero-order valence-electron chi connectivity index (χ0n) is 14.6. The number of benzene rings is 1. The normalized spacial score (nSPS) is 22.2. The number of hydrogen-bond acceptors (Lipinski definition) is 6. The van der Waals surface area contributed by atoms with E-state index in [9.17, 15) is 9.59 Å². The first-order valence-electron chi connectivity index (χ1n) is 9.04. The first-order chi connectivity index (χ1) is 13.2. The van der Waals surface area contributed by atoms with Crippen LogP contribution in [0.25, 0.3) is 11.0 Å². The summed E-state index contributed by atoms with van der Waals surface area (Å²) in [5.74, 6) is 0.774. The lowest BCUT2D eigenvalue weighted by molar-refractivity contribution is -0.134. The second-order valence-corrected chi connectivity index (χ2v) is 8.56. The summed E-state index contributed by atoms with van der Waals surface area (Å²) in [5, 5.41) is 2.07. The minimum Gasteiger partial charge on any atom is -0.339 e. The van der Waals surface area contributed by atoms with E-state index in [4.69, 9.17) is 0 Å². The Kier molecular flexibility index (Phi) is 4.17. The van der Waals surface area contributed by atoms with Gasteiger partial charge in [0.2, 0.25) is 5.91 Å². The van der Waals surface area contributed by atoms with E-state index in [0.717, 1.165) is 29.2 Å². The van der Waals surface area contributed by atoms with Gasteiger partial charge in [-0.2, -0.15) is 8.75 Å². The van der Waals surface area contributed by atoms with Crippen molar-refractivity contribution in [2.45, 2.75) is 12.3 Å². The summed E-state index contributed by atoms with van der Waals surface area (Å²) in [6, 6.07) is 9.61. The fraction of sp³-hybridized carbons (Fsp3) is 0.368. The van der Waals surface area contributed by atoms with Crippen LogP contribution in [-0.2, 0) is 4.79 Å². The van der Waals surface area contributed by atoms with Gasteiger partial charge in [-0.05, 0) is 36.1 Å². The quantitative estimate of drug-likeness (QED) is 0.680. The molecule has 0 radical (unpaired) electrons. The van der Waals surface area contributed by atoms with Crippen molar-refractivity contribution < 1.29 is 9.59 Å². The van der Waals surface area contributed by atoms with Crippen molar-refractivity contribution >= 4 is 45.9 Å². The molecule has 3 heterocycles. The molecule has 2 amide bonds. The second-order valence-electron chi connectivity index (χ2n) is 7.05. The molecule has 0 spiro atoms. The van der Waals surface area contributed by atoms with Crippen molar-refractivity contribution in [3.63, 3.8) is 0 Å². The highest BCUT2D eigenvalue weighted by atomic mass is 32.1. The van der Waals surface area contributed by atoms with Crippen LogP contribution in [0.5, 0.6) is 0 Å². The Bertz CT molecular complexity index is 992. The van der Waals surface area contributed by atoms with Gasteiger partial charge in [0.1, 0.15) is 11.0 Å². The largest absolute Gasteiger partial charge is 0.339 e. The summed E-state index contributed by atoms with van der Waals surface area (Å²) in [4.78, 5) is 30.6. The number of aromatic nitrogens is 2. The van der Waals surface area contributed by atoms with E-state index in [1.807, 2.05) is 21.9 Å². The third-order valence-electron chi connectivity index (χ3n) is 5.40. The third kappa shape index (κ3) is 3.12. The molecule has 2 aliphatic rings. The van der Waals surface area contributed by atoms with E-state index >= 15 is 0 Å². The number of carbonyl (C=O) groups excluding carboxylic acids is 2. The summed E-state index contributed by atoms with van der Waals surface area (Å²) in [6.07, 6.45) is 0.959. The molecule has 27 heavy (non-hydrogen) atoms. The van der Waals surface area contributed by atoms with E-state index in [1.54, 1.807) is 23.5 Å². The molecule has 3 aromatic rings. The highest BCUT2D eigenvalue weighted by Gasteiger charge is 2.46. The van der Waals surface area contributed by atoms with Crippen LogP contribution in [0.2, 0.25) is 0 Å². The van der Waals surface area contributed by atoms with Crippen LogP contribution >= 0.6 is 23.1 Å². The van der Waals surface area contributed by atoms with Crippen LogP contribution in [0.1, 0.15) is 27.6 Å². The van der Waals surface area contributed by atoms with Gasteiger partial charge in [-0.1, -0.05) is 6.07 Å². The molecule has 1 aliphatic heterocycles. The van der Waals surface area contributed by atoms with Gasteiger partial charge in [0.15, 0.2) is 0 Å². The monoisotopic (exact) mass is 398 g/mol. The van der Waals surface area contributed by atoms with E-state index in [1.165, 1.54) is 4.88 Å². The van der Waals surface area contributed by atoms with Crippen molar-refractivity contribution in [1.82, 2.24) is 18.5 Å². The Morgan fingerprint density at radius 1 is 1.00 bits per heavy atom. The maximum absolute atomic E-state index is 12.8. The van der Waals surface area contributed by atoms with Gasteiger partial charge in [-0.3, -0.25) is 9.59 Å². The Hall–Kier alpha value is -2.32. The molecule has 0 unspecified atom stereocenters. The molecule has 1 saturated heterocycles. The lowest BCUT2D eigenvalue weighted by Gasteiger charge is -2.35. The summed E-state index contributed by atoms with van der Waals surface area (Å²) >= 11 is 2.88. The maximum Gasteiger partial charge on any atom is 0.254 e. The zero-order valence-corrected chi connectivity index (χ0v) is 16.2. The molecule has 5 rings (SSSR count). The fourth-order valence-corrected chi connectivity index (χ4v) is 5.17. The number of amides is 2. The van der Waals surface area contributed by atoms with Gasteiger partial charge >= 0.3 is 0 Å². The van der Waals surface area contributed by atoms with Gasteiger partial charge in [-0.25, -0.2) is 0 Å². The molecule has 1 aliphatic carbocycles. The predicted octanol–water partition coefficient (Wildman–Crippen LogP) is 2.84. The number of thiophene rings is 1. The standard InChI is InChI=1S/C19H18N4O2S2/c24-18(12-3-4-15-16(10-12)21-27-20-15)22-5-7-23(8-6-22)19(25)14-11-13(14)17-2-1-9-26-17/h1-4,9-10,13-14H,5-8,11H2/t13-,14+/m0/s1. The van der Waals surface area contributed by atoms with Crippen LogP contribution in [-0.4, -0.2) is 56.5 Å². The third-order valence-corrected chi connectivity index (χ3v) is 6.96. The van der Waals surface area contributed by atoms with Crippen LogP contribution in [0.3, 0.4) is 0 Å². The molecule has 2 aromatic heterocycles. The second kappa shape index (κ2) is 6.69. The molecule has 8 heteroatoms. The summed E-state index contributed by atoms with van der Waals surface area (Å²) in [5.41, 5.74) is 2.21. The SMILES string of the molecule is O=C(c1ccc2nsnc2c1)N1CCN(C(=O)[C@@H]2C[C@@H]2c2cccs2)CC1. The number of rotatable bonds is 3. The van der Waals surface area contributed by atoms with Crippen molar-refractivity contribution in [2.75, 3.05) is 26.2 Å². The minimum absolute atomic E-state index is 0.000108. The van der Waals surface area contributed by atoms with E-state index in [-0.39, 0.29) is 17.7 Å². The fourth-order valence-electron chi connectivity index (χ4n) is 3.75. The minimum atomic E-state index is -0.000108. The molecular formula is C19H18N4O2S2. The van der Waals surface area contributed by atoms with Crippen LogP contribution < -0.4 is 0 Å². The molecule has 2 atom stereocenters. The highest BCUT2D eigenvalue weighted by molar-refractivity contribution is 7.10. The van der Waals surface area contributed by atoms with Crippen molar-refractivity contribution in [2.24, 2.45) is 5.92 Å². The Morgan fingerprint density at radius 3 is 2.56 bits per heavy atom. The maximum atomic E-state index is 12.8. The Morgan fingerprint density at radius 2 is 1.78 bits per heavy atom. The van der Waals surface area contributed by atoms with Crippen LogP contribution in [0.15, 0.2) is 35.7 Å². The van der Waals surface area contributed by atoms with E-state index in [0.29, 0.717) is 37.7 Å². The summed E-state index contributed by atoms with van der Waals surface area (Å²) in [7, 11) is 0. The van der Waals surface area contributed by atoms with E-state index < -0.39 is 0 Å². The lowest BCUT2D eigenvalue weighted by atomic mass is 10.1. The van der Waals surface area contributed by atoms with Crippen LogP contribution in [0.4, 0.5) is 0 Å². The van der Waals surface area contributed by atoms with Crippen LogP contribution in [0, 0.1) is 5.92 Å². The molecular weight excluding hydrogens is 380 g/mol. The molecule has 0 N–H and O–H groups in total. The molecule has 138 valence electrons. The number of hydrogen-bond donors (Lipinski definition) is 0. The van der Waals surface area contributed by atoms with Gasteiger partial charge < -0.3 is 9.80 Å². The lowest BCUT2D eigenvalue weighted by Crippen LogP contribution is -2.51. The number of piperazine rings is 1. The van der Waals surface area contributed by atoms with Crippen molar-refractivity contribution in [1.29, 1.82) is 0 Å². The predicted molar refractivity (Wildman–Crippen MR) is 105 cm³/mol. The van der Waals surface area contributed by atoms with Gasteiger partial charge in [0.25, 0.3) is 5.91 Å². The number of fused-ring (bicyclic) bond motifs is 1. The average molecular weight is 399 g/mol. The Balaban J connectivity index is 1.20. The number of carbonyl (C=O) groups is 2. The first-order valence-corrected chi connectivity index (χ1v) is 10.7. The van der Waals surface area contributed by atoms with Crippen molar-refractivity contribution in [3.05, 3.63) is 46.2 Å². The summed E-state index contributed by atoms with van der Waals surface area (Å²) < 4.78 is 8.37. The molecule has 1 saturated carbocycles. The first kappa shape index (κ1) is 16.8. The van der Waals surface area contributed by atoms with E-state index in [2.05, 4.69) is 20.2 Å². The van der Waals surface area contributed by atoms with Gasteiger partial charge in [0.05, 0.1) is 11.7 Å². The smallest absolute Gasteiger partial charge is 0.254 e. The molecule has 2 fully saturated rings. The highest BCUT2D eigenvalue weighted by Crippen LogP contribution is 2.50. The van der Waals surface area contributed by atoms with Crippen molar-refractivity contribution in [3.8, 4) is 0 Å². The molecule has 0 bridgehead atoms. The zero-order chi connectivity index (χ0) is 18.4. The molecule has 1 aromatic carbocycles. The summed E-state index contributed by atoms with van der Waals surface area (Å²) in [6.45, 7) is 2.38. The topological polar surface area (TPSA) is 66.4 Å². The molecule has 6 nitrogen and oxygen atoms in total. The van der Waals surface area contributed by atoms with Gasteiger partial charge in [-0.15, -0.1) is 11.3 Å². The van der Waals surface area contributed by atoms with Gasteiger partial charge in [0, 0.05) is 48.5 Å². The number of nitrogens with zero attached hydrogens (tertiary/aromatic N) is 4. The average Bonchev–Trinajstić information content (AvgIpc) is 3.10. The Labute approximate surface area is 164 Å².